The highest BCUT2D eigenvalue weighted by molar-refractivity contribution is 5.99. The highest BCUT2D eigenvalue weighted by Crippen LogP contribution is 2.27. The number of carbonyl (C=O) groups excluding carboxylic acids is 1. The maximum Gasteiger partial charge on any atom is 0.257 e. The van der Waals surface area contributed by atoms with Gasteiger partial charge in [-0.3, -0.25) is 4.79 Å². The van der Waals surface area contributed by atoms with E-state index < -0.39 is 0 Å². The molecule has 6 heteroatoms. The number of piperazine rings is 1. The summed E-state index contributed by atoms with van der Waals surface area (Å²) >= 11 is 0. The van der Waals surface area contributed by atoms with Gasteiger partial charge in [-0.1, -0.05) is 18.2 Å². The predicted molar refractivity (Wildman–Crippen MR) is 99.4 cm³/mol. The van der Waals surface area contributed by atoms with Gasteiger partial charge in [0.25, 0.3) is 5.91 Å². The molecule has 1 N–H and O–H groups in total. The predicted octanol–water partition coefficient (Wildman–Crippen LogP) is 2.87. The molecule has 1 unspecified atom stereocenters. The second kappa shape index (κ2) is 6.80. The van der Waals surface area contributed by atoms with Crippen molar-refractivity contribution in [3.05, 3.63) is 60.0 Å². The average molecular weight is 350 g/mol. The number of rotatable bonds is 3. The Kier molecular flexibility index (Phi) is 4.34. The van der Waals surface area contributed by atoms with E-state index in [4.69, 9.17) is 4.42 Å². The third-order valence-electron chi connectivity index (χ3n) is 4.60. The van der Waals surface area contributed by atoms with Crippen LogP contribution < -0.4 is 5.32 Å². The molecule has 4 rings (SSSR count). The van der Waals surface area contributed by atoms with Crippen LogP contribution in [-0.2, 0) is 0 Å². The van der Waals surface area contributed by atoms with Gasteiger partial charge in [-0.15, -0.1) is 0 Å². The second-order valence-corrected chi connectivity index (χ2v) is 6.69. The van der Waals surface area contributed by atoms with Crippen molar-refractivity contribution in [1.29, 1.82) is 0 Å². The lowest BCUT2D eigenvalue weighted by molar-refractivity contribution is 0.0709. The summed E-state index contributed by atoms with van der Waals surface area (Å²) in [5.74, 6) is 1.40. The first-order valence-corrected chi connectivity index (χ1v) is 8.86. The lowest BCUT2D eigenvalue weighted by Gasteiger charge is -2.31. The Morgan fingerprint density at radius 3 is 2.73 bits per heavy atom. The smallest absolute Gasteiger partial charge is 0.257 e. The lowest BCUT2D eigenvalue weighted by atomic mass is 10.1. The van der Waals surface area contributed by atoms with Crippen molar-refractivity contribution in [2.24, 2.45) is 0 Å². The molecule has 0 spiro atoms. The molecule has 0 radical (unpaired) electrons. The van der Waals surface area contributed by atoms with Gasteiger partial charge in [0.05, 0.1) is 11.3 Å². The Bertz CT molecular complexity index is 913. The molecular weight excluding hydrogens is 328 g/mol. The van der Waals surface area contributed by atoms with Crippen LogP contribution in [0.4, 0.5) is 0 Å². The Labute approximate surface area is 152 Å². The standard InChI is InChI=1S/C20H22N4O2/c1-14-12-23(11-10-21-14)20(25)17-13-24(16-6-4-3-5-7-16)22-19(17)18-9-8-15(2)26-18/h3-9,13-14,21H,10-12H2,1-2H3. The van der Waals surface area contributed by atoms with Gasteiger partial charge in [-0.25, -0.2) is 4.68 Å². The molecule has 1 aromatic carbocycles. The van der Waals surface area contributed by atoms with Crippen LogP contribution in [0.3, 0.4) is 0 Å². The number of hydrogen-bond acceptors (Lipinski definition) is 4. The molecular formula is C20H22N4O2. The summed E-state index contributed by atoms with van der Waals surface area (Å²) in [6.07, 6.45) is 1.80. The second-order valence-electron chi connectivity index (χ2n) is 6.69. The van der Waals surface area contributed by atoms with E-state index in [1.807, 2.05) is 54.3 Å². The Balaban J connectivity index is 1.76. The average Bonchev–Trinajstić information content (AvgIpc) is 3.28. The van der Waals surface area contributed by atoms with Gasteiger partial charge in [0.1, 0.15) is 11.5 Å². The SMILES string of the molecule is Cc1ccc(-c2nn(-c3ccccc3)cc2C(=O)N2CCNC(C)C2)o1. The number of carbonyl (C=O) groups is 1. The van der Waals surface area contributed by atoms with E-state index in [9.17, 15) is 4.79 Å². The zero-order chi connectivity index (χ0) is 18.1. The van der Waals surface area contributed by atoms with Crippen LogP contribution in [0.2, 0.25) is 0 Å². The maximum atomic E-state index is 13.2. The number of nitrogens with one attached hydrogen (secondary N) is 1. The number of aromatic nitrogens is 2. The first kappa shape index (κ1) is 16.6. The van der Waals surface area contributed by atoms with E-state index in [0.29, 0.717) is 30.1 Å². The number of furan rings is 1. The highest BCUT2D eigenvalue weighted by Gasteiger charge is 2.27. The van der Waals surface area contributed by atoms with Gasteiger partial charge < -0.3 is 14.6 Å². The van der Waals surface area contributed by atoms with E-state index >= 15 is 0 Å². The van der Waals surface area contributed by atoms with E-state index in [2.05, 4.69) is 17.3 Å². The first-order chi connectivity index (χ1) is 12.6. The van der Waals surface area contributed by atoms with Crippen LogP contribution in [-0.4, -0.2) is 46.3 Å². The highest BCUT2D eigenvalue weighted by atomic mass is 16.3. The van der Waals surface area contributed by atoms with Gasteiger partial charge in [0.2, 0.25) is 0 Å². The number of para-hydroxylation sites is 1. The summed E-state index contributed by atoms with van der Waals surface area (Å²) in [6, 6.07) is 13.8. The molecule has 0 bridgehead atoms. The molecule has 1 fully saturated rings. The quantitative estimate of drug-likeness (QED) is 0.789. The van der Waals surface area contributed by atoms with Crippen LogP contribution in [0.15, 0.2) is 53.1 Å². The van der Waals surface area contributed by atoms with Crippen LogP contribution in [0, 0.1) is 6.92 Å². The third-order valence-corrected chi connectivity index (χ3v) is 4.60. The monoisotopic (exact) mass is 350 g/mol. The number of benzene rings is 1. The number of amides is 1. The molecule has 3 aromatic rings. The van der Waals surface area contributed by atoms with Crippen molar-refractivity contribution in [3.8, 4) is 17.1 Å². The molecule has 1 aliphatic heterocycles. The molecule has 1 amide bonds. The first-order valence-electron chi connectivity index (χ1n) is 8.86. The third kappa shape index (κ3) is 3.15. The number of hydrogen-bond donors (Lipinski definition) is 1. The summed E-state index contributed by atoms with van der Waals surface area (Å²) in [5, 5.41) is 8.02. The van der Waals surface area contributed by atoms with Gasteiger partial charge >= 0.3 is 0 Å². The van der Waals surface area contributed by atoms with Crippen molar-refractivity contribution >= 4 is 5.91 Å². The van der Waals surface area contributed by atoms with Crippen LogP contribution in [0.1, 0.15) is 23.0 Å². The summed E-state index contributed by atoms with van der Waals surface area (Å²) in [4.78, 5) is 15.1. The zero-order valence-electron chi connectivity index (χ0n) is 15.0. The fourth-order valence-corrected chi connectivity index (χ4v) is 3.27. The zero-order valence-corrected chi connectivity index (χ0v) is 15.0. The van der Waals surface area contributed by atoms with Gasteiger partial charge in [0, 0.05) is 31.9 Å². The minimum Gasteiger partial charge on any atom is -0.460 e. The van der Waals surface area contributed by atoms with Crippen LogP contribution in [0.5, 0.6) is 0 Å². The molecule has 2 aromatic heterocycles. The van der Waals surface area contributed by atoms with Crippen molar-refractivity contribution in [2.45, 2.75) is 19.9 Å². The number of aryl methyl sites for hydroxylation is 1. The number of nitrogens with zero attached hydrogens (tertiary/aromatic N) is 3. The minimum absolute atomic E-state index is 0.00964. The van der Waals surface area contributed by atoms with E-state index in [0.717, 1.165) is 18.0 Å². The molecule has 1 atom stereocenters. The van der Waals surface area contributed by atoms with Crippen molar-refractivity contribution in [2.75, 3.05) is 19.6 Å². The molecule has 1 aliphatic rings. The normalized spacial score (nSPS) is 17.5. The molecule has 1 saturated heterocycles. The van der Waals surface area contributed by atoms with Gasteiger partial charge in [-0.05, 0) is 38.1 Å². The van der Waals surface area contributed by atoms with Crippen molar-refractivity contribution in [1.82, 2.24) is 20.0 Å². The fraction of sp³-hybridized carbons (Fsp3) is 0.300. The molecule has 0 saturated carbocycles. The van der Waals surface area contributed by atoms with Crippen LogP contribution in [0.25, 0.3) is 17.1 Å². The molecule has 6 nitrogen and oxygen atoms in total. The Morgan fingerprint density at radius 1 is 1.23 bits per heavy atom. The van der Waals surface area contributed by atoms with Gasteiger partial charge in [0.15, 0.2) is 5.76 Å². The van der Waals surface area contributed by atoms with Gasteiger partial charge in [-0.2, -0.15) is 5.10 Å². The molecule has 0 aliphatic carbocycles. The van der Waals surface area contributed by atoms with Crippen LogP contribution >= 0.6 is 0 Å². The Hall–Kier alpha value is -2.86. The topological polar surface area (TPSA) is 63.3 Å². The molecule has 134 valence electrons. The maximum absolute atomic E-state index is 13.2. The molecule has 26 heavy (non-hydrogen) atoms. The largest absolute Gasteiger partial charge is 0.460 e. The fourth-order valence-electron chi connectivity index (χ4n) is 3.27. The van der Waals surface area contributed by atoms with E-state index in [1.54, 1.807) is 10.9 Å². The Morgan fingerprint density at radius 2 is 2.04 bits per heavy atom. The van der Waals surface area contributed by atoms with Crippen molar-refractivity contribution in [3.63, 3.8) is 0 Å². The summed E-state index contributed by atoms with van der Waals surface area (Å²) in [7, 11) is 0. The lowest BCUT2D eigenvalue weighted by Crippen LogP contribution is -2.51. The van der Waals surface area contributed by atoms with E-state index in [-0.39, 0.29) is 11.9 Å². The summed E-state index contributed by atoms with van der Waals surface area (Å²) in [5.41, 5.74) is 2.06. The molecule has 3 heterocycles. The van der Waals surface area contributed by atoms with E-state index in [1.165, 1.54) is 0 Å². The minimum atomic E-state index is -0.00964. The van der Waals surface area contributed by atoms with Crippen molar-refractivity contribution < 1.29 is 9.21 Å². The summed E-state index contributed by atoms with van der Waals surface area (Å²) in [6.45, 7) is 6.15. The summed E-state index contributed by atoms with van der Waals surface area (Å²) < 4.78 is 7.50.